The van der Waals surface area contributed by atoms with E-state index in [1.54, 1.807) is 34.0 Å². The minimum atomic E-state index is 0.423. The Bertz CT molecular complexity index is 5070. The van der Waals surface area contributed by atoms with Crippen LogP contribution in [0.15, 0.2) is 218 Å². The van der Waals surface area contributed by atoms with Crippen LogP contribution in [0.3, 0.4) is 0 Å². The van der Waals surface area contributed by atoms with Crippen LogP contribution in [0.5, 0.6) is 0 Å². The van der Waals surface area contributed by atoms with Crippen molar-refractivity contribution < 1.29 is 0 Å². The first-order valence-corrected chi connectivity index (χ1v) is 27.4. The number of nitriles is 1. The molecule has 0 N–H and O–H groups in total. The Morgan fingerprint density at radius 2 is 0.853 bits per heavy atom. The van der Waals surface area contributed by atoms with E-state index >= 15 is 0 Å². The number of para-hydroxylation sites is 1. The second-order valence-electron chi connectivity index (χ2n) is 19.2. The summed E-state index contributed by atoms with van der Waals surface area (Å²) in [6.45, 7) is 9.62. The first-order chi connectivity index (χ1) is 37.2. The molecule has 0 aliphatic carbocycles. The fourth-order valence-corrected chi connectivity index (χ4v) is 15.9. The Hall–Kier alpha value is -9.34. The lowest BCUT2D eigenvalue weighted by Crippen LogP contribution is -2.09. The molecule has 0 amide bonds. The minimum Gasteiger partial charge on any atom is -0.316 e. The number of thiophene rings is 3. The highest BCUT2D eigenvalue weighted by atomic mass is 32.1. The van der Waals surface area contributed by atoms with Gasteiger partial charge in [0.05, 0.1) is 55.0 Å². The molecule has 16 rings (SSSR count). The zero-order valence-electron chi connectivity index (χ0n) is 39.8. The first-order valence-electron chi connectivity index (χ1n) is 24.9. The second kappa shape index (κ2) is 16.1. The van der Waals surface area contributed by atoms with Crippen LogP contribution >= 0.6 is 34.0 Å². The van der Waals surface area contributed by atoms with Gasteiger partial charge >= 0.3 is 0 Å². The molecule has 0 saturated heterocycles. The molecular weight excluding hydrogens is 969 g/mol. The van der Waals surface area contributed by atoms with Gasteiger partial charge in [-0.25, -0.2) is 4.85 Å². The van der Waals surface area contributed by atoms with Gasteiger partial charge in [0.2, 0.25) is 5.69 Å². The molecule has 7 heteroatoms. The SMILES string of the molecule is [C-]#[N+]c1c(-c2ccccc2)c(C#N)c(-n2c3cc4sc5ccccc5c4cc3c3cccc(-c4ccccc4)c32)c(-c2ccccc2)c1-n1c2c(ccc3c4ccccc4sc32)c2ccc3c4ccccc4sc3c21. The van der Waals surface area contributed by atoms with Crippen molar-refractivity contribution in [1.29, 1.82) is 5.26 Å². The van der Waals surface area contributed by atoms with Crippen molar-refractivity contribution >= 4 is 144 Å². The molecule has 0 spiro atoms. The molecule has 0 bridgehead atoms. The van der Waals surface area contributed by atoms with Crippen molar-refractivity contribution in [1.82, 2.24) is 9.13 Å². The van der Waals surface area contributed by atoms with Gasteiger partial charge in [0, 0.05) is 89.4 Å². The Balaban J connectivity index is 1.22. The fraction of sp³-hybridized carbons (Fsp3) is 0. The fourth-order valence-electron chi connectivity index (χ4n) is 12.3. The van der Waals surface area contributed by atoms with Crippen molar-refractivity contribution in [3.63, 3.8) is 0 Å². The summed E-state index contributed by atoms with van der Waals surface area (Å²) in [7, 11) is 0. The predicted octanol–water partition coefficient (Wildman–Crippen LogP) is 20.4. The van der Waals surface area contributed by atoms with Gasteiger partial charge in [-0.05, 0) is 47.0 Å². The average molecular weight is 1010 g/mol. The van der Waals surface area contributed by atoms with Gasteiger partial charge < -0.3 is 9.13 Å². The van der Waals surface area contributed by atoms with Crippen molar-refractivity contribution in [2.75, 3.05) is 0 Å². The quantitative estimate of drug-likeness (QED) is 0.158. The second-order valence-corrected chi connectivity index (χ2v) is 22.4. The first kappa shape index (κ1) is 42.2. The van der Waals surface area contributed by atoms with E-state index in [1.807, 2.05) is 18.2 Å². The number of hydrogen-bond donors (Lipinski definition) is 0. The number of aromatic nitrogens is 2. The third-order valence-electron chi connectivity index (χ3n) is 15.4. The maximum atomic E-state index is 12.3. The van der Waals surface area contributed by atoms with Gasteiger partial charge in [0.25, 0.3) is 0 Å². The molecule has 11 aromatic carbocycles. The van der Waals surface area contributed by atoms with Gasteiger partial charge in [0.15, 0.2) is 0 Å². The van der Waals surface area contributed by atoms with E-state index in [9.17, 15) is 11.8 Å². The number of nitrogens with zero attached hydrogens (tertiary/aromatic N) is 4. The molecule has 0 radical (unpaired) electrons. The van der Waals surface area contributed by atoms with E-state index in [0.717, 1.165) is 96.9 Å². The van der Waals surface area contributed by atoms with Crippen molar-refractivity contribution in [2.24, 2.45) is 0 Å². The summed E-state index contributed by atoms with van der Waals surface area (Å²) in [6.07, 6.45) is 0. The largest absolute Gasteiger partial charge is 0.316 e. The normalized spacial score (nSPS) is 12.0. The maximum absolute atomic E-state index is 12.3. The molecule has 4 nitrogen and oxygen atoms in total. The van der Waals surface area contributed by atoms with E-state index in [-0.39, 0.29) is 0 Å². The standard InChI is InChI=1S/C68H36N4S3/c1-70-61-59(40-20-7-3-8-21-40)53(38-69)63(71-54-37-58-52(45-26-13-14-29-55(45)73-58)36-51(54)46-28-17-27-42(62(46)71)39-18-5-2-6-19-39)60(41-22-9-4-10-23-41)66(61)72-64-47(32-34-49-43-24-11-15-30-56(43)74-67(49)64)48-33-35-50-44-25-12-16-31-57(44)75-68(50)65(48)72/h2-37H. The number of fused-ring (bicyclic) bond motifs is 17. The lowest BCUT2D eigenvalue weighted by Gasteiger charge is -2.26. The molecule has 75 heavy (non-hydrogen) atoms. The zero-order valence-corrected chi connectivity index (χ0v) is 42.2. The van der Waals surface area contributed by atoms with Crippen molar-refractivity contribution in [2.45, 2.75) is 0 Å². The zero-order chi connectivity index (χ0) is 49.5. The van der Waals surface area contributed by atoms with Crippen molar-refractivity contribution in [3.8, 4) is 50.8 Å². The summed E-state index contributed by atoms with van der Waals surface area (Å²) in [6, 6.07) is 80.8. The molecule has 0 aliphatic rings. The minimum absolute atomic E-state index is 0.423. The third kappa shape index (κ3) is 5.89. The maximum Gasteiger partial charge on any atom is 0.220 e. The number of hydrogen-bond acceptors (Lipinski definition) is 4. The van der Waals surface area contributed by atoms with Crippen LogP contribution in [0.1, 0.15) is 5.56 Å². The summed E-state index contributed by atoms with van der Waals surface area (Å²) in [5, 5.41) is 23.9. The Morgan fingerprint density at radius 3 is 1.43 bits per heavy atom. The van der Waals surface area contributed by atoms with Crippen LogP contribution in [0, 0.1) is 17.9 Å². The van der Waals surface area contributed by atoms with Crippen molar-refractivity contribution in [3.05, 3.63) is 235 Å². The highest BCUT2D eigenvalue weighted by Gasteiger charge is 2.34. The van der Waals surface area contributed by atoms with Gasteiger partial charge in [-0.15, -0.1) is 34.0 Å². The molecule has 5 aromatic heterocycles. The molecule has 0 saturated carbocycles. The van der Waals surface area contributed by atoms with E-state index < -0.39 is 0 Å². The van der Waals surface area contributed by atoms with Gasteiger partial charge in [-0.1, -0.05) is 188 Å². The molecule has 0 aliphatic heterocycles. The summed E-state index contributed by atoms with van der Waals surface area (Å²) in [4.78, 5) is 4.71. The molecule has 16 aromatic rings. The van der Waals surface area contributed by atoms with Crippen LogP contribution in [0.25, 0.3) is 154 Å². The lowest BCUT2D eigenvalue weighted by molar-refractivity contribution is 1.14. The lowest BCUT2D eigenvalue weighted by atomic mass is 9.88. The van der Waals surface area contributed by atoms with E-state index in [1.165, 1.54) is 46.4 Å². The van der Waals surface area contributed by atoms with Gasteiger partial charge in [-0.3, -0.25) is 0 Å². The van der Waals surface area contributed by atoms with Gasteiger partial charge in [0.1, 0.15) is 6.07 Å². The highest BCUT2D eigenvalue weighted by Crippen LogP contribution is 2.56. The topological polar surface area (TPSA) is 38.0 Å². The Morgan fingerprint density at radius 1 is 0.373 bits per heavy atom. The molecule has 0 atom stereocenters. The summed E-state index contributed by atoms with van der Waals surface area (Å²) in [5.41, 5.74) is 11.7. The van der Waals surface area contributed by atoms with Crippen LogP contribution in [0.4, 0.5) is 5.69 Å². The molecule has 346 valence electrons. The van der Waals surface area contributed by atoms with E-state index in [2.05, 4.69) is 215 Å². The smallest absolute Gasteiger partial charge is 0.220 e. The molecular formula is C68H36N4S3. The van der Waals surface area contributed by atoms with Crippen LogP contribution in [-0.4, -0.2) is 9.13 Å². The average Bonchev–Trinajstić information content (AvgIpc) is 4.43. The summed E-state index contributed by atoms with van der Waals surface area (Å²) in [5.74, 6) is 0. The summed E-state index contributed by atoms with van der Waals surface area (Å²) >= 11 is 5.41. The molecule has 5 heterocycles. The van der Waals surface area contributed by atoms with E-state index in [4.69, 9.17) is 4.85 Å². The Labute approximate surface area is 441 Å². The number of benzene rings is 11. The monoisotopic (exact) mass is 1000 g/mol. The van der Waals surface area contributed by atoms with Crippen LogP contribution in [-0.2, 0) is 0 Å². The molecule has 0 fully saturated rings. The summed E-state index contributed by atoms with van der Waals surface area (Å²) < 4.78 is 12.0. The number of rotatable bonds is 5. The highest BCUT2D eigenvalue weighted by molar-refractivity contribution is 7.27. The van der Waals surface area contributed by atoms with Crippen LogP contribution in [0.2, 0.25) is 0 Å². The van der Waals surface area contributed by atoms with E-state index in [0.29, 0.717) is 16.8 Å². The third-order valence-corrected chi connectivity index (χ3v) is 18.9. The Kier molecular flexibility index (Phi) is 9.05. The predicted molar refractivity (Wildman–Crippen MR) is 321 cm³/mol. The van der Waals surface area contributed by atoms with Gasteiger partial charge in [-0.2, -0.15) is 5.26 Å². The van der Waals surface area contributed by atoms with Crippen LogP contribution < -0.4 is 0 Å². The molecule has 0 unspecified atom stereocenters.